The highest BCUT2D eigenvalue weighted by Gasteiger charge is 2.33. The van der Waals surface area contributed by atoms with Gasteiger partial charge in [-0.25, -0.2) is 15.0 Å². The fraction of sp³-hybridized carbons (Fsp3) is 0.438. The summed E-state index contributed by atoms with van der Waals surface area (Å²) in [6.45, 7) is 3.37. The van der Waals surface area contributed by atoms with Gasteiger partial charge < -0.3 is 15.4 Å². The molecular weight excluding hydrogens is 367 g/mol. The first-order valence-corrected chi connectivity index (χ1v) is 8.83. The molecule has 26 heavy (non-hydrogen) atoms. The number of pyridine rings is 1. The minimum atomic E-state index is -4.40. The van der Waals surface area contributed by atoms with E-state index in [4.69, 9.17) is 4.74 Å². The van der Waals surface area contributed by atoms with Crippen LogP contribution in [-0.4, -0.2) is 36.1 Å². The van der Waals surface area contributed by atoms with E-state index < -0.39 is 11.9 Å². The molecule has 0 amide bonds. The van der Waals surface area contributed by atoms with Gasteiger partial charge in [-0.3, -0.25) is 0 Å². The largest absolute Gasteiger partial charge is 0.481 e. The molecule has 6 nitrogen and oxygen atoms in total. The van der Waals surface area contributed by atoms with Crippen molar-refractivity contribution in [3.05, 3.63) is 40.0 Å². The lowest BCUT2D eigenvalue weighted by atomic mass is 10.3. The third kappa shape index (κ3) is 5.87. The molecule has 2 heterocycles. The first kappa shape index (κ1) is 20.0. The summed E-state index contributed by atoms with van der Waals surface area (Å²) in [4.78, 5) is 12.2. The quantitative estimate of drug-likeness (QED) is 0.565. The van der Waals surface area contributed by atoms with Gasteiger partial charge in [-0.05, 0) is 13.0 Å². The third-order valence-electron chi connectivity index (χ3n) is 3.27. The van der Waals surface area contributed by atoms with Gasteiger partial charge in [0.05, 0.1) is 18.7 Å². The van der Waals surface area contributed by atoms with Gasteiger partial charge in [0.1, 0.15) is 0 Å². The maximum atomic E-state index is 12.6. The average Bonchev–Trinajstić information content (AvgIpc) is 3.09. The number of hydrogen-bond acceptors (Lipinski definition) is 5. The summed E-state index contributed by atoms with van der Waals surface area (Å²) in [5.41, 5.74) is -0.0105. The highest BCUT2D eigenvalue weighted by atomic mass is 32.1. The van der Waals surface area contributed by atoms with E-state index in [0.29, 0.717) is 42.9 Å². The van der Waals surface area contributed by atoms with Crippen molar-refractivity contribution in [1.82, 2.24) is 20.6 Å². The van der Waals surface area contributed by atoms with E-state index in [1.165, 1.54) is 0 Å². The number of methoxy groups -OCH3 is 1. The predicted molar refractivity (Wildman–Crippen MR) is 94.4 cm³/mol. The van der Waals surface area contributed by atoms with Gasteiger partial charge in [0.25, 0.3) is 0 Å². The monoisotopic (exact) mass is 387 g/mol. The second kappa shape index (κ2) is 9.37. The average molecular weight is 387 g/mol. The van der Waals surface area contributed by atoms with Crippen molar-refractivity contribution in [3.63, 3.8) is 0 Å². The highest BCUT2D eigenvalue weighted by molar-refractivity contribution is 7.09. The first-order valence-electron chi connectivity index (χ1n) is 7.95. The number of alkyl halides is 3. The van der Waals surface area contributed by atoms with Gasteiger partial charge in [-0.1, -0.05) is 6.07 Å². The number of hydrogen-bond donors (Lipinski definition) is 2. The second-order valence-electron chi connectivity index (χ2n) is 5.17. The molecule has 2 N–H and O–H groups in total. The molecule has 2 rings (SSSR count). The van der Waals surface area contributed by atoms with Crippen molar-refractivity contribution >= 4 is 17.3 Å². The van der Waals surface area contributed by atoms with Crippen molar-refractivity contribution < 1.29 is 17.9 Å². The van der Waals surface area contributed by atoms with Crippen molar-refractivity contribution in [3.8, 4) is 5.88 Å². The Kier molecular flexibility index (Phi) is 7.19. The van der Waals surface area contributed by atoms with Gasteiger partial charge in [0, 0.05) is 36.7 Å². The number of nitrogens with one attached hydrogen (secondary N) is 2. The molecule has 0 radical (unpaired) electrons. The number of rotatable bonds is 7. The maximum Gasteiger partial charge on any atom is 0.434 e. The molecule has 0 fully saturated rings. The van der Waals surface area contributed by atoms with Gasteiger partial charge in [-0.15, -0.1) is 11.3 Å². The van der Waals surface area contributed by atoms with Crippen molar-refractivity contribution in [2.45, 2.75) is 26.1 Å². The number of ether oxygens (including phenoxy) is 1. The zero-order chi connectivity index (χ0) is 19.0. The summed E-state index contributed by atoms with van der Waals surface area (Å²) in [5, 5.41) is 7.63. The lowest BCUT2D eigenvalue weighted by molar-refractivity contribution is -0.140. The Balaban J connectivity index is 1.92. The van der Waals surface area contributed by atoms with Gasteiger partial charge >= 0.3 is 6.18 Å². The summed E-state index contributed by atoms with van der Waals surface area (Å²) in [7, 11) is 1.54. The highest BCUT2D eigenvalue weighted by Crippen LogP contribution is 2.29. The normalized spacial score (nSPS) is 12.1. The fourth-order valence-electron chi connectivity index (χ4n) is 2.08. The summed E-state index contributed by atoms with van der Waals surface area (Å²) in [5.74, 6) is 1.07. The molecule has 0 bridgehead atoms. The Labute approximate surface area is 153 Å². The Hall–Kier alpha value is -2.36. The molecule has 0 aliphatic rings. The summed E-state index contributed by atoms with van der Waals surface area (Å²) in [6.07, 6.45) is -2.39. The van der Waals surface area contributed by atoms with Crippen LogP contribution in [0.4, 0.5) is 13.2 Å². The number of nitrogens with zero attached hydrogens (tertiary/aromatic N) is 3. The molecular formula is C16H20F3N5OS. The minimum Gasteiger partial charge on any atom is -0.481 e. The van der Waals surface area contributed by atoms with E-state index in [1.54, 1.807) is 19.4 Å². The lowest BCUT2D eigenvalue weighted by Crippen LogP contribution is -2.38. The van der Waals surface area contributed by atoms with Crippen LogP contribution in [-0.2, 0) is 19.1 Å². The van der Waals surface area contributed by atoms with Crippen LogP contribution >= 0.6 is 11.3 Å². The molecule has 0 saturated heterocycles. The van der Waals surface area contributed by atoms with E-state index in [9.17, 15) is 13.2 Å². The maximum absolute atomic E-state index is 12.6. The molecule has 2 aromatic heterocycles. The smallest absolute Gasteiger partial charge is 0.434 e. The fourth-order valence-corrected chi connectivity index (χ4v) is 2.88. The topological polar surface area (TPSA) is 71.4 Å². The van der Waals surface area contributed by atoms with Crippen LogP contribution in [0.5, 0.6) is 5.88 Å². The van der Waals surface area contributed by atoms with Crippen LogP contribution < -0.4 is 15.4 Å². The minimum absolute atomic E-state index is 0.363. The number of guanidine groups is 1. The SMILES string of the molecule is CCNC(=NCc1cccnc1OC)NCCc1nc(C(F)(F)F)cs1. The molecule has 0 saturated carbocycles. The summed E-state index contributed by atoms with van der Waals surface area (Å²) in [6, 6.07) is 3.67. The third-order valence-corrected chi connectivity index (χ3v) is 4.18. The van der Waals surface area contributed by atoms with Crippen LogP contribution in [0.2, 0.25) is 0 Å². The molecule has 10 heteroatoms. The Morgan fingerprint density at radius 1 is 1.35 bits per heavy atom. The molecule has 0 aliphatic heterocycles. The molecule has 0 atom stereocenters. The predicted octanol–water partition coefficient (Wildman–Crippen LogP) is 2.86. The zero-order valence-corrected chi connectivity index (χ0v) is 15.2. The number of aromatic nitrogens is 2. The van der Waals surface area contributed by atoms with Gasteiger partial charge in [0.15, 0.2) is 11.7 Å². The van der Waals surface area contributed by atoms with Crippen LogP contribution in [0.15, 0.2) is 28.7 Å². The van der Waals surface area contributed by atoms with Crippen molar-refractivity contribution in [2.24, 2.45) is 4.99 Å². The Bertz CT molecular complexity index is 733. The van der Waals surface area contributed by atoms with Crippen LogP contribution in [0, 0.1) is 0 Å². The summed E-state index contributed by atoms with van der Waals surface area (Å²) >= 11 is 1.00. The molecule has 2 aromatic rings. The van der Waals surface area contributed by atoms with Gasteiger partial charge in [-0.2, -0.15) is 13.2 Å². The summed E-state index contributed by atoms with van der Waals surface area (Å²) < 4.78 is 42.9. The number of halogens is 3. The molecule has 0 unspecified atom stereocenters. The van der Waals surface area contributed by atoms with Crippen LogP contribution in [0.25, 0.3) is 0 Å². The lowest BCUT2D eigenvalue weighted by Gasteiger charge is -2.11. The van der Waals surface area contributed by atoms with Crippen molar-refractivity contribution in [1.29, 1.82) is 0 Å². The second-order valence-corrected chi connectivity index (χ2v) is 6.11. The van der Waals surface area contributed by atoms with Gasteiger partial charge in [0.2, 0.25) is 5.88 Å². The van der Waals surface area contributed by atoms with E-state index in [2.05, 4.69) is 25.6 Å². The first-order chi connectivity index (χ1) is 12.4. The van der Waals surface area contributed by atoms with Crippen molar-refractivity contribution in [2.75, 3.05) is 20.2 Å². The molecule has 0 spiro atoms. The molecule has 0 aromatic carbocycles. The standard InChI is InChI=1S/C16H20F3N5OS/c1-3-20-15(23-9-11-5-4-7-21-14(11)25-2)22-8-6-13-24-12(10-26-13)16(17,18)19/h4-5,7,10H,3,6,8-9H2,1-2H3,(H2,20,22,23). The van der Waals surface area contributed by atoms with E-state index in [1.807, 2.05) is 13.0 Å². The Morgan fingerprint density at radius 3 is 2.81 bits per heavy atom. The van der Waals surface area contributed by atoms with E-state index in [0.717, 1.165) is 22.3 Å². The molecule has 0 aliphatic carbocycles. The van der Waals surface area contributed by atoms with Crippen LogP contribution in [0.1, 0.15) is 23.2 Å². The van der Waals surface area contributed by atoms with E-state index >= 15 is 0 Å². The van der Waals surface area contributed by atoms with Crippen LogP contribution in [0.3, 0.4) is 0 Å². The molecule has 142 valence electrons. The number of aliphatic imine (C=N–C) groups is 1. The zero-order valence-electron chi connectivity index (χ0n) is 14.4. The van der Waals surface area contributed by atoms with E-state index in [-0.39, 0.29) is 0 Å². The Morgan fingerprint density at radius 2 is 2.15 bits per heavy atom. The number of thiazole rings is 1.